The van der Waals surface area contributed by atoms with Crippen molar-refractivity contribution in [1.29, 1.82) is 0 Å². The molecule has 2 aromatic rings. The molecule has 0 saturated carbocycles. The van der Waals surface area contributed by atoms with E-state index in [0.29, 0.717) is 12.4 Å². The van der Waals surface area contributed by atoms with Gasteiger partial charge in [0, 0.05) is 18.3 Å². The Balaban J connectivity index is 2.13. The number of aliphatic carboxylic acids is 1. The maximum Gasteiger partial charge on any atom is 0.326 e. The van der Waals surface area contributed by atoms with Gasteiger partial charge in [-0.05, 0) is 25.0 Å². The summed E-state index contributed by atoms with van der Waals surface area (Å²) in [4.78, 5) is 19.7. The molecule has 1 aromatic carbocycles. The number of nitrogens with one attached hydrogen (secondary N) is 1. The monoisotopic (exact) mass is 271 g/mol. The van der Waals surface area contributed by atoms with Crippen molar-refractivity contribution in [3.05, 3.63) is 53.3 Å². The first-order valence-corrected chi connectivity index (χ1v) is 6.40. The van der Waals surface area contributed by atoms with Crippen LogP contribution in [0.15, 0.2) is 36.5 Å². The van der Waals surface area contributed by atoms with Crippen LogP contribution in [0.4, 0.5) is 5.95 Å². The lowest BCUT2D eigenvalue weighted by molar-refractivity contribution is -0.137. The number of carboxylic acids is 1. The lowest BCUT2D eigenvalue weighted by Crippen LogP contribution is -2.32. The molecule has 0 aliphatic heterocycles. The van der Waals surface area contributed by atoms with Crippen LogP contribution in [-0.2, 0) is 11.2 Å². The standard InChI is InChI=1S/C15H17N3O2/c1-10-9-16-15(17-11(10)2)18-13(14(19)20)8-12-6-4-3-5-7-12/h3-7,9,13H,8H2,1-2H3,(H,19,20)(H,16,17,18)/t13-/m1/s1. The number of rotatable bonds is 5. The van der Waals surface area contributed by atoms with Gasteiger partial charge >= 0.3 is 5.97 Å². The first-order valence-electron chi connectivity index (χ1n) is 6.40. The van der Waals surface area contributed by atoms with Crippen LogP contribution < -0.4 is 5.32 Å². The van der Waals surface area contributed by atoms with Gasteiger partial charge in [0.2, 0.25) is 5.95 Å². The molecule has 104 valence electrons. The maximum absolute atomic E-state index is 11.3. The molecule has 0 unspecified atom stereocenters. The molecule has 1 atom stereocenters. The molecule has 0 fully saturated rings. The fourth-order valence-corrected chi connectivity index (χ4v) is 1.80. The quantitative estimate of drug-likeness (QED) is 0.872. The van der Waals surface area contributed by atoms with Crippen LogP contribution in [0, 0.1) is 13.8 Å². The van der Waals surface area contributed by atoms with Gasteiger partial charge in [0.05, 0.1) is 0 Å². The third-order valence-electron chi connectivity index (χ3n) is 3.11. The van der Waals surface area contributed by atoms with E-state index in [1.807, 2.05) is 44.2 Å². The van der Waals surface area contributed by atoms with Gasteiger partial charge in [-0.1, -0.05) is 30.3 Å². The molecule has 2 N–H and O–H groups in total. The molecule has 0 aliphatic rings. The topological polar surface area (TPSA) is 75.1 Å². The number of hydrogen-bond acceptors (Lipinski definition) is 4. The predicted molar refractivity (Wildman–Crippen MR) is 76.7 cm³/mol. The van der Waals surface area contributed by atoms with E-state index in [2.05, 4.69) is 15.3 Å². The molecule has 0 amide bonds. The average molecular weight is 271 g/mol. The van der Waals surface area contributed by atoms with Crippen LogP contribution in [0.2, 0.25) is 0 Å². The molecule has 5 nitrogen and oxygen atoms in total. The summed E-state index contributed by atoms with van der Waals surface area (Å²) < 4.78 is 0. The van der Waals surface area contributed by atoms with Crippen LogP contribution in [-0.4, -0.2) is 27.1 Å². The normalized spacial score (nSPS) is 11.9. The molecule has 0 radical (unpaired) electrons. The Bertz CT molecular complexity index is 599. The van der Waals surface area contributed by atoms with Crippen molar-refractivity contribution in [1.82, 2.24) is 9.97 Å². The van der Waals surface area contributed by atoms with Gasteiger partial charge in [0.15, 0.2) is 0 Å². The summed E-state index contributed by atoms with van der Waals surface area (Å²) in [6.45, 7) is 3.78. The number of carbonyl (C=O) groups is 1. The molecule has 0 spiro atoms. The Labute approximate surface area is 117 Å². The van der Waals surface area contributed by atoms with E-state index in [9.17, 15) is 9.90 Å². The Morgan fingerprint density at radius 3 is 2.60 bits per heavy atom. The van der Waals surface area contributed by atoms with Crippen LogP contribution in [0.3, 0.4) is 0 Å². The zero-order valence-corrected chi connectivity index (χ0v) is 11.5. The van der Waals surface area contributed by atoms with Crippen molar-refractivity contribution >= 4 is 11.9 Å². The van der Waals surface area contributed by atoms with Gasteiger partial charge in [-0.15, -0.1) is 0 Å². The minimum Gasteiger partial charge on any atom is -0.480 e. The van der Waals surface area contributed by atoms with E-state index in [1.54, 1.807) is 6.20 Å². The summed E-state index contributed by atoms with van der Waals surface area (Å²) in [6.07, 6.45) is 2.07. The Hall–Kier alpha value is -2.43. The number of nitrogens with zero attached hydrogens (tertiary/aromatic N) is 2. The van der Waals surface area contributed by atoms with Gasteiger partial charge in [0.25, 0.3) is 0 Å². The molecule has 0 aliphatic carbocycles. The highest BCUT2D eigenvalue weighted by atomic mass is 16.4. The van der Waals surface area contributed by atoms with Crippen molar-refractivity contribution in [3.8, 4) is 0 Å². The second-order valence-electron chi connectivity index (χ2n) is 4.69. The number of hydrogen-bond donors (Lipinski definition) is 2. The fourth-order valence-electron chi connectivity index (χ4n) is 1.80. The maximum atomic E-state index is 11.3. The van der Waals surface area contributed by atoms with Crippen molar-refractivity contribution in [2.45, 2.75) is 26.3 Å². The molecule has 1 heterocycles. The van der Waals surface area contributed by atoms with E-state index in [4.69, 9.17) is 0 Å². The van der Waals surface area contributed by atoms with E-state index in [-0.39, 0.29) is 0 Å². The van der Waals surface area contributed by atoms with Crippen molar-refractivity contribution in [2.75, 3.05) is 5.32 Å². The summed E-state index contributed by atoms with van der Waals surface area (Å²) in [5.74, 6) is -0.577. The number of aromatic nitrogens is 2. The fraction of sp³-hybridized carbons (Fsp3) is 0.267. The van der Waals surface area contributed by atoms with Crippen LogP contribution in [0.25, 0.3) is 0 Å². The van der Waals surface area contributed by atoms with Crippen LogP contribution in [0.5, 0.6) is 0 Å². The highest BCUT2D eigenvalue weighted by Gasteiger charge is 2.19. The SMILES string of the molecule is Cc1cnc(N[C@H](Cc2ccccc2)C(=O)O)nc1C. The van der Waals surface area contributed by atoms with Gasteiger partial charge < -0.3 is 10.4 Å². The highest BCUT2D eigenvalue weighted by Crippen LogP contribution is 2.10. The summed E-state index contributed by atoms with van der Waals surface area (Å²) in [5.41, 5.74) is 2.77. The molecular formula is C15H17N3O2. The Morgan fingerprint density at radius 1 is 1.30 bits per heavy atom. The largest absolute Gasteiger partial charge is 0.480 e. The minimum absolute atomic E-state index is 0.344. The number of anilines is 1. The summed E-state index contributed by atoms with van der Waals surface area (Å²) >= 11 is 0. The van der Waals surface area contributed by atoms with Crippen LogP contribution >= 0.6 is 0 Å². The van der Waals surface area contributed by atoms with Gasteiger partial charge in [-0.25, -0.2) is 14.8 Å². The summed E-state index contributed by atoms with van der Waals surface area (Å²) in [7, 11) is 0. The molecule has 0 saturated heterocycles. The third kappa shape index (κ3) is 3.54. The Morgan fingerprint density at radius 2 is 2.00 bits per heavy atom. The first kappa shape index (κ1) is 14.0. The molecule has 1 aromatic heterocycles. The van der Waals surface area contributed by atoms with Crippen molar-refractivity contribution in [2.24, 2.45) is 0 Å². The smallest absolute Gasteiger partial charge is 0.326 e. The van der Waals surface area contributed by atoms with E-state index < -0.39 is 12.0 Å². The third-order valence-corrected chi connectivity index (χ3v) is 3.11. The second-order valence-corrected chi connectivity index (χ2v) is 4.69. The zero-order valence-electron chi connectivity index (χ0n) is 11.5. The minimum atomic E-state index is -0.921. The van der Waals surface area contributed by atoms with Gasteiger partial charge in [-0.2, -0.15) is 0 Å². The molecular weight excluding hydrogens is 254 g/mol. The highest BCUT2D eigenvalue weighted by molar-refractivity contribution is 5.77. The summed E-state index contributed by atoms with van der Waals surface area (Å²) in [6, 6.07) is 8.73. The van der Waals surface area contributed by atoms with Crippen molar-refractivity contribution < 1.29 is 9.90 Å². The number of carboxylic acid groups (broad SMARTS) is 1. The molecule has 0 bridgehead atoms. The number of benzene rings is 1. The first-order chi connectivity index (χ1) is 9.56. The van der Waals surface area contributed by atoms with Gasteiger partial charge in [-0.3, -0.25) is 0 Å². The van der Waals surface area contributed by atoms with E-state index in [1.165, 1.54) is 0 Å². The Kier molecular flexibility index (Phi) is 4.30. The molecule has 5 heteroatoms. The lowest BCUT2D eigenvalue weighted by Gasteiger charge is -2.15. The lowest BCUT2D eigenvalue weighted by atomic mass is 10.1. The summed E-state index contributed by atoms with van der Waals surface area (Å²) in [5, 5.41) is 12.2. The number of aryl methyl sites for hydroxylation is 2. The average Bonchev–Trinajstić information content (AvgIpc) is 2.43. The second kappa shape index (κ2) is 6.14. The molecule has 2 rings (SSSR count). The predicted octanol–water partition coefficient (Wildman–Crippen LogP) is 2.20. The van der Waals surface area contributed by atoms with Gasteiger partial charge in [0.1, 0.15) is 6.04 Å². The van der Waals surface area contributed by atoms with Crippen LogP contribution in [0.1, 0.15) is 16.8 Å². The van der Waals surface area contributed by atoms with E-state index >= 15 is 0 Å². The van der Waals surface area contributed by atoms with Crippen molar-refractivity contribution in [3.63, 3.8) is 0 Å². The van der Waals surface area contributed by atoms with E-state index in [0.717, 1.165) is 16.8 Å². The zero-order chi connectivity index (χ0) is 14.5. The molecule has 20 heavy (non-hydrogen) atoms.